The van der Waals surface area contributed by atoms with E-state index < -0.39 is 0 Å². The minimum absolute atomic E-state index is 0.813. The highest BCUT2D eigenvalue weighted by atomic mass is 15.1. The summed E-state index contributed by atoms with van der Waals surface area (Å²) in [5, 5.41) is 0. The van der Waals surface area contributed by atoms with Crippen LogP contribution in [0.3, 0.4) is 0 Å². The molecule has 19 heavy (non-hydrogen) atoms. The predicted molar refractivity (Wildman–Crippen MR) is 81.7 cm³/mol. The molecule has 4 N–H and O–H groups in total. The second-order valence-corrected chi connectivity index (χ2v) is 4.97. The number of nitrogens with two attached hydrogens (primary N) is 2. The molecule has 2 rings (SSSR count). The van der Waals surface area contributed by atoms with Gasteiger partial charge in [-0.25, -0.2) is 0 Å². The Morgan fingerprint density at radius 1 is 0.789 bits per heavy atom. The van der Waals surface area contributed by atoms with Gasteiger partial charge in [-0.2, -0.15) is 0 Å². The van der Waals surface area contributed by atoms with E-state index in [1.54, 1.807) is 0 Å². The van der Waals surface area contributed by atoms with Gasteiger partial charge in [-0.05, 0) is 48.9 Å². The Morgan fingerprint density at radius 2 is 1.26 bits per heavy atom. The van der Waals surface area contributed by atoms with Crippen LogP contribution in [0.2, 0.25) is 0 Å². The summed E-state index contributed by atoms with van der Waals surface area (Å²) < 4.78 is 0. The quantitative estimate of drug-likeness (QED) is 0.807. The van der Waals surface area contributed by atoms with Crippen molar-refractivity contribution in [2.75, 3.05) is 25.1 Å². The molecule has 2 aromatic carbocycles. The molecule has 100 valence electrons. The molecule has 0 unspecified atom stereocenters. The molecule has 0 heterocycles. The average Bonchev–Trinajstić information content (AvgIpc) is 2.41. The predicted octanol–water partition coefficient (Wildman–Crippen LogP) is 2.53. The summed E-state index contributed by atoms with van der Waals surface area (Å²) in [7, 11) is 2.13. The molecule has 2 aromatic rings. The molecule has 0 aliphatic rings. The van der Waals surface area contributed by atoms with Gasteiger partial charge in [-0.1, -0.05) is 24.3 Å². The number of rotatable bonds is 5. The Bertz CT molecular complexity index is 503. The Kier molecular flexibility index (Phi) is 4.42. The van der Waals surface area contributed by atoms with Crippen LogP contribution in [0.4, 0.5) is 11.4 Å². The highest BCUT2D eigenvalue weighted by Gasteiger charge is 2.01. The lowest BCUT2D eigenvalue weighted by molar-refractivity contribution is 0.331. The molecule has 0 saturated heterocycles. The van der Waals surface area contributed by atoms with Crippen molar-refractivity contribution in [3.8, 4) is 0 Å². The summed E-state index contributed by atoms with van der Waals surface area (Å²) in [5.41, 5.74) is 15.6. The number of anilines is 2. The van der Waals surface area contributed by atoms with Crippen LogP contribution in [-0.2, 0) is 13.0 Å². The molecular weight excluding hydrogens is 234 g/mol. The van der Waals surface area contributed by atoms with Gasteiger partial charge in [0, 0.05) is 24.5 Å². The topological polar surface area (TPSA) is 55.3 Å². The summed E-state index contributed by atoms with van der Waals surface area (Å²) in [6.07, 6.45) is 1.03. The number of nitrogens with zero attached hydrogens (tertiary/aromatic N) is 1. The number of hydrogen-bond acceptors (Lipinski definition) is 3. The highest BCUT2D eigenvalue weighted by Crippen LogP contribution is 2.09. The maximum absolute atomic E-state index is 5.68. The standard InChI is InChI=1S/C16H21N3/c1-19(12-14-4-8-16(18)9-5-14)11-10-13-2-6-15(17)7-3-13/h2-9H,10-12,17-18H2,1H3. The zero-order chi connectivity index (χ0) is 13.7. The fourth-order valence-electron chi connectivity index (χ4n) is 2.02. The molecule has 3 heteroatoms. The van der Waals surface area contributed by atoms with Crippen molar-refractivity contribution in [1.82, 2.24) is 4.90 Å². The average molecular weight is 255 g/mol. The Balaban J connectivity index is 1.82. The van der Waals surface area contributed by atoms with E-state index in [-0.39, 0.29) is 0 Å². The normalized spacial score (nSPS) is 10.8. The van der Waals surface area contributed by atoms with Crippen LogP contribution in [0.15, 0.2) is 48.5 Å². The molecule has 0 aliphatic carbocycles. The lowest BCUT2D eigenvalue weighted by Crippen LogP contribution is -2.20. The van der Waals surface area contributed by atoms with E-state index in [0.717, 1.165) is 30.9 Å². The van der Waals surface area contributed by atoms with Crippen molar-refractivity contribution in [2.24, 2.45) is 0 Å². The van der Waals surface area contributed by atoms with E-state index in [1.807, 2.05) is 24.3 Å². The number of likely N-dealkylation sites (N-methyl/N-ethyl adjacent to an activating group) is 1. The molecule has 0 saturated carbocycles. The van der Waals surface area contributed by atoms with Crippen molar-refractivity contribution < 1.29 is 0 Å². The highest BCUT2D eigenvalue weighted by molar-refractivity contribution is 5.40. The molecule has 0 atom stereocenters. The van der Waals surface area contributed by atoms with E-state index in [2.05, 4.69) is 36.2 Å². The van der Waals surface area contributed by atoms with Gasteiger partial charge in [-0.3, -0.25) is 0 Å². The molecule has 0 fully saturated rings. The smallest absolute Gasteiger partial charge is 0.0314 e. The van der Waals surface area contributed by atoms with Crippen molar-refractivity contribution in [3.05, 3.63) is 59.7 Å². The molecule has 0 aliphatic heterocycles. The third-order valence-electron chi connectivity index (χ3n) is 3.19. The minimum Gasteiger partial charge on any atom is -0.399 e. The molecule has 0 radical (unpaired) electrons. The summed E-state index contributed by atoms with van der Waals surface area (Å²) in [6, 6.07) is 16.1. The van der Waals surface area contributed by atoms with Crippen molar-refractivity contribution in [3.63, 3.8) is 0 Å². The Hall–Kier alpha value is -2.00. The largest absolute Gasteiger partial charge is 0.399 e. The van der Waals surface area contributed by atoms with Crippen molar-refractivity contribution in [1.29, 1.82) is 0 Å². The van der Waals surface area contributed by atoms with Crippen LogP contribution in [0.25, 0.3) is 0 Å². The van der Waals surface area contributed by atoms with Gasteiger partial charge in [0.05, 0.1) is 0 Å². The van der Waals surface area contributed by atoms with Crippen LogP contribution in [0.5, 0.6) is 0 Å². The van der Waals surface area contributed by atoms with Crippen LogP contribution in [0, 0.1) is 0 Å². The van der Waals surface area contributed by atoms with E-state index in [0.29, 0.717) is 0 Å². The summed E-state index contributed by atoms with van der Waals surface area (Å²) in [4.78, 5) is 2.31. The first-order chi connectivity index (χ1) is 9.13. The monoisotopic (exact) mass is 255 g/mol. The molecular formula is C16H21N3. The van der Waals surface area contributed by atoms with Gasteiger partial charge in [0.25, 0.3) is 0 Å². The second kappa shape index (κ2) is 6.25. The third-order valence-corrected chi connectivity index (χ3v) is 3.19. The Morgan fingerprint density at radius 3 is 1.79 bits per heavy atom. The van der Waals surface area contributed by atoms with E-state index >= 15 is 0 Å². The van der Waals surface area contributed by atoms with E-state index in [9.17, 15) is 0 Å². The number of nitrogen functional groups attached to an aromatic ring is 2. The second-order valence-electron chi connectivity index (χ2n) is 4.97. The SMILES string of the molecule is CN(CCc1ccc(N)cc1)Cc1ccc(N)cc1. The molecule has 3 nitrogen and oxygen atoms in total. The Labute approximate surface area is 114 Å². The van der Waals surface area contributed by atoms with Crippen LogP contribution < -0.4 is 11.5 Å². The van der Waals surface area contributed by atoms with Gasteiger partial charge in [0.2, 0.25) is 0 Å². The van der Waals surface area contributed by atoms with Crippen LogP contribution >= 0.6 is 0 Å². The fraction of sp³-hybridized carbons (Fsp3) is 0.250. The van der Waals surface area contributed by atoms with E-state index in [1.165, 1.54) is 11.1 Å². The minimum atomic E-state index is 0.813. The van der Waals surface area contributed by atoms with Crippen LogP contribution in [-0.4, -0.2) is 18.5 Å². The fourth-order valence-corrected chi connectivity index (χ4v) is 2.02. The summed E-state index contributed by atoms with van der Waals surface area (Å²) >= 11 is 0. The maximum Gasteiger partial charge on any atom is 0.0314 e. The van der Waals surface area contributed by atoms with Crippen molar-refractivity contribution in [2.45, 2.75) is 13.0 Å². The lowest BCUT2D eigenvalue weighted by Gasteiger charge is -2.16. The molecule has 0 aromatic heterocycles. The zero-order valence-electron chi connectivity index (χ0n) is 11.3. The van der Waals surface area contributed by atoms with Gasteiger partial charge < -0.3 is 16.4 Å². The number of hydrogen-bond donors (Lipinski definition) is 2. The zero-order valence-corrected chi connectivity index (χ0v) is 11.3. The third kappa shape index (κ3) is 4.30. The van der Waals surface area contributed by atoms with Gasteiger partial charge in [-0.15, -0.1) is 0 Å². The number of benzene rings is 2. The molecule has 0 spiro atoms. The summed E-state index contributed by atoms with van der Waals surface area (Å²) in [6.45, 7) is 1.96. The first-order valence-electron chi connectivity index (χ1n) is 6.51. The first-order valence-corrected chi connectivity index (χ1v) is 6.51. The lowest BCUT2D eigenvalue weighted by atomic mass is 10.1. The first kappa shape index (κ1) is 13.4. The van der Waals surface area contributed by atoms with Crippen molar-refractivity contribution >= 4 is 11.4 Å². The van der Waals surface area contributed by atoms with Gasteiger partial charge >= 0.3 is 0 Å². The van der Waals surface area contributed by atoms with Gasteiger partial charge in [0.1, 0.15) is 0 Å². The van der Waals surface area contributed by atoms with Gasteiger partial charge in [0.15, 0.2) is 0 Å². The maximum atomic E-state index is 5.68. The van der Waals surface area contributed by atoms with Crippen LogP contribution in [0.1, 0.15) is 11.1 Å². The van der Waals surface area contributed by atoms with E-state index in [4.69, 9.17) is 11.5 Å². The summed E-state index contributed by atoms with van der Waals surface area (Å²) in [5.74, 6) is 0. The molecule has 0 bridgehead atoms. The molecule has 0 amide bonds.